The molecule has 0 aromatic heterocycles. The molecule has 2 rings (SSSR count). The van der Waals surface area contributed by atoms with Crippen LogP contribution in [0.2, 0.25) is 0 Å². The molecule has 0 aliphatic rings. The maximum Gasteiger partial charge on any atom is 0.258 e. The van der Waals surface area contributed by atoms with Gasteiger partial charge in [-0.15, -0.1) is 0 Å². The van der Waals surface area contributed by atoms with E-state index in [1.807, 2.05) is 38.1 Å². The lowest BCUT2D eigenvalue weighted by Crippen LogP contribution is -2.31. The van der Waals surface area contributed by atoms with Crippen molar-refractivity contribution in [2.24, 2.45) is 0 Å². The summed E-state index contributed by atoms with van der Waals surface area (Å²) in [5.41, 5.74) is 3.31. The van der Waals surface area contributed by atoms with Crippen LogP contribution in [0.3, 0.4) is 0 Å². The molecule has 2 aromatic carbocycles. The summed E-state index contributed by atoms with van der Waals surface area (Å²) in [6.45, 7) is 5.89. The molecule has 0 saturated carbocycles. The molecule has 0 spiro atoms. The molecule has 0 fully saturated rings. The highest BCUT2D eigenvalue weighted by atomic mass is 16.5. The molecule has 1 N–H and O–H groups in total. The minimum atomic E-state index is -0.207. The Labute approximate surface area is 155 Å². The summed E-state index contributed by atoms with van der Waals surface area (Å²) in [6.07, 6.45) is 0.995. The minimum Gasteiger partial charge on any atom is -0.493 e. The first-order valence-corrected chi connectivity index (χ1v) is 8.72. The SMILES string of the molecule is CCc1ccc([C@H](C)NC(=O)COc2c(OC)cc(C)cc2OC)cc1. The molecule has 0 saturated heterocycles. The number of hydrogen-bond donors (Lipinski definition) is 1. The number of hydrogen-bond acceptors (Lipinski definition) is 4. The largest absolute Gasteiger partial charge is 0.493 e. The third-order valence-corrected chi connectivity index (χ3v) is 4.22. The Bertz CT molecular complexity index is 715. The maximum absolute atomic E-state index is 12.3. The fourth-order valence-electron chi connectivity index (χ4n) is 2.70. The molecule has 1 amide bonds. The first kappa shape index (κ1) is 19.6. The smallest absolute Gasteiger partial charge is 0.258 e. The van der Waals surface area contributed by atoms with Gasteiger partial charge in [0.15, 0.2) is 18.1 Å². The van der Waals surface area contributed by atoms with E-state index in [0.29, 0.717) is 17.2 Å². The average molecular weight is 357 g/mol. The Hall–Kier alpha value is -2.69. The number of amides is 1. The quantitative estimate of drug-likeness (QED) is 0.780. The van der Waals surface area contributed by atoms with E-state index in [9.17, 15) is 4.79 Å². The van der Waals surface area contributed by atoms with Crippen LogP contribution in [-0.4, -0.2) is 26.7 Å². The standard InChI is InChI=1S/C21H27NO4/c1-6-16-7-9-17(10-8-16)15(3)22-20(23)13-26-21-18(24-4)11-14(2)12-19(21)25-5/h7-12,15H,6,13H2,1-5H3,(H,22,23)/t15-/m0/s1. The molecule has 140 valence electrons. The van der Waals surface area contributed by atoms with Crippen molar-refractivity contribution in [3.05, 3.63) is 53.1 Å². The van der Waals surface area contributed by atoms with E-state index in [1.54, 1.807) is 14.2 Å². The molecule has 5 nitrogen and oxygen atoms in total. The molecule has 5 heteroatoms. The van der Waals surface area contributed by atoms with Crippen molar-refractivity contribution in [2.75, 3.05) is 20.8 Å². The number of carbonyl (C=O) groups excluding carboxylic acids is 1. The summed E-state index contributed by atoms with van der Waals surface area (Å²) in [5, 5.41) is 2.94. The Morgan fingerprint density at radius 2 is 1.65 bits per heavy atom. The third-order valence-electron chi connectivity index (χ3n) is 4.22. The van der Waals surface area contributed by atoms with Crippen LogP contribution in [0.25, 0.3) is 0 Å². The summed E-state index contributed by atoms with van der Waals surface area (Å²) in [6, 6.07) is 11.8. The number of aryl methyl sites for hydroxylation is 2. The van der Waals surface area contributed by atoms with E-state index < -0.39 is 0 Å². The highest BCUT2D eigenvalue weighted by Crippen LogP contribution is 2.38. The molecular formula is C21H27NO4. The zero-order valence-electron chi connectivity index (χ0n) is 16.1. The van der Waals surface area contributed by atoms with Gasteiger partial charge in [0.1, 0.15) is 0 Å². The molecule has 0 aliphatic heterocycles. The monoisotopic (exact) mass is 357 g/mol. The second-order valence-electron chi connectivity index (χ2n) is 6.17. The van der Waals surface area contributed by atoms with Gasteiger partial charge in [-0.05, 0) is 49.1 Å². The number of benzene rings is 2. The Kier molecular flexibility index (Phi) is 6.89. The molecule has 0 aliphatic carbocycles. The number of carbonyl (C=O) groups is 1. The van der Waals surface area contributed by atoms with Gasteiger partial charge in [0.25, 0.3) is 5.91 Å². The Balaban J connectivity index is 2.00. The Morgan fingerprint density at radius 1 is 1.08 bits per heavy atom. The summed E-state index contributed by atoms with van der Waals surface area (Å²) in [4.78, 5) is 12.3. The van der Waals surface area contributed by atoms with Crippen molar-refractivity contribution in [1.82, 2.24) is 5.32 Å². The second kappa shape index (κ2) is 9.13. The van der Waals surface area contributed by atoms with Crippen molar-refractivity contribution in [1.29, 1.82) is 0 Å². The van der Waals surface area contributed by atoms with Gasteiger partial charge in [-0.1, -0.05) is 31.2 Å². The maximum atomic E-state index is 12.3. The Morgan fingerprint density at radius 3 is 2.15 bits per heavy atom. The predicted molar refractivity (Wildman–Crippen MR) is 102 cm³/mol. The number of nitrogens with one attached hydrogen (secondary N) is 1. The highest BCUT2D eigenvalue weighted by Gasteiger charge is 2.16. The summed E-state index contributed by atoms with van der Waals surface area (Å²) in [5.74, 6) is 1.30. The van der Waals surface area contributed by atoms with Gasteiger partial charge in [-0.3, -0.25) is 4.79 Å². The number of ether oxygens (including phenoxy) is 3. The molecule has 0 unspecified atom stereocenters. The summed E-state index contributed by atoms with van der Waals surface area (Å²) < 4.78 is 16.4. The van der Waals surface area contributed by atoms with E-state index in [2.05, 4.69) is 24.4 Å². The predicted octanol–water partition coefficient (Wildman–Crippen LogP) is 3.83. The minimum absolute atomic E-state index is 0.0983. The fourth-order valence-corrected chi connectivity index (χ4v) is 2.70. The van der Waals surface area contributed by atoms with Gasteiger partial charge in [0, 0.05) is 0 Å². The van der Waals surface area contributed by atoms with E-state index in [0.717, 1.165) is 17.5 Å². The van der Waals surface area contributed by atoms with Crippen molar-refractivity contribution < 1.29 is 19.0 Å². The van der Waals surface area contributed by atoms with Gasteiger partial charge < -0.3 is 19.5 Å². The topological polar surface area (TPSA) is 56.8 Å². The van der Waals surface area contributed by atoms with Crippen molar-refractivity contribution in [2.45, 2.75) is 33.2 Å². The lowest BCUT2D eigenvalue weighted by molar-refractivity contribution is -0.123. The average Bonchev–Trinajstić information content (AvgIpc) is 2.66. The molecule has 1 atom stereocenters. The van der Waals surface area contributed by atoms with Crippen LogP contribution in [0.1, 0.15) is 36.6 Å². The lowest BCUT2D eigenvalue weighted by Gasteiger charge is -2.17. The van der Waals surface area contributed by atoms with Crippen LogP contribution in [-0.2, 0) is 11.2 Å². The molecule has 0 radical (unpaired) electrons. The highest BCUT2D eigenvalue weighted by molar-refractivity contribution is 5.78. The van der Waals surface area contributed by atoms with Crippen molar-refractivity contribution in [3.8, 4) is 17.2 Å². The number of rotatable bonds is 8. The zero-order valence-corrected chi connectivity index (χ0v) is 16.1. The fraction of sp³-hybridized carbons (Fsp3) is 0.381. The van der Waals surface area contributed by atoms with E-state index in [1.165, 1.54) is 5.56 Å². The van der Waals surface area contributed by atoms with Crippen LogP contribution < -0.4 is 19.5 Å². The zero-order chi connectivity index (χ0) is 19.1. The normalized spacial score (nSPS) is 11.6. The first-order chi connectivity index (χ1) is 12.5. The van der Waals surface area contributed by atoms with Crippen LogP contribution in [0.5, 0.6) is 17.2 Å². The van der Waals surface area contributed by atoms with Crippen LogP contribution in [0, 0.1) is 6.92 Å². The lowest BCUT2D eigenvalue weighted by atomic mass is 10.1. The van der Waals surface area contributed by atoms with Crippen LogP contribution >= 0.6 is 0 Å². The number of methoxy groups -OCH3 is 2. The van der Waals surface area contributed by atoms with Crippen molar-refractivity contribution >= 4 is 5.91 Å². The third kappa shape index (κ3) is 4.91. The van der Waals surface area contributed by atoms with Gasteiger partial charge in [0.2, 0.25) is 5.75 Å². The van der Waals surface area contributed by atoms with Crippen LogP contribution in [0.4, 0.5) is 0 Å². The van der Waals surface area contributed by atoms with E-state index in [-0.39, 0.29) is 18.6 Å². The first-order valence-electron chi connectivity index (χ1n) is 8.72. The second-order valence-corrected chi connectivity index (χ2v) is 6.17. The van der Waals surface area contributed by atoms with Gasteiger partial charge >= 0.3 is 0 Å². The molecule has 26 heavy (non-hydrogen) atoms. The molecular weight excluding hydrogens is 330 g/mol. The van der Waals surface area contributed by atoms with Crippen LogP contribution in [0.15, 0.2) is 36.4 Å². The van der Waals surface area contributed by atoms with Gasteiger partial charge in [-0.25, -0.2) is 0 Å². The van der Waals surface area contributed by atoms with E-state index >= 15 is 0 Å². The van der Waals surface area contributed by atoms with E-state index in [4.69, 9.17) is 14.2 Å². The van der Waals surface area contributed by atoms with Gasteiger partial charge in [-0.2, -0.15) is 0 Å². The molecule has 2 aromatic rings. The molecule has 0 heterocycles. The van der Waals surface area contributed by atoms with Crippen molar-refractivity contribution in [3.63, 3.8) is 0 Å². The summed E-state index contributed by atoms with van der Waals surface area (Å²) in [7, 11) is 3.12. The molecule has 0 bridgehead atoms. The van der Waals surface area contributed by atoms with Gasteiger partial charge in [0.05, 0.1) is 20.3 Å². The summed E-state index contributed by atoms with van der Waals surface area (Å²) >= 11 is 0.